The van der Waals surface area contributed by atoms with E-state index in [1.54, 1.807) is 24.5 Å². The average Bonchev–Trinajstić information content (AvgIpc) is 2.96. The van der Waals surface area contributed by atoms with E-state index in [4.69, 9.17) is 0 Å². The van der Waals surface area contributed by atoms with E-state index in [0.29, 0.717) is 24.4 Å². The molecule has 0 N–H and O–H groups in total. The van der Waals surface area contributed by atoms with Crippen LogP contribution in [-0.4, -0.2) is 33.4 Å². The number of imidazole rings is 1. The van der Waals surface area contributed by atoms with Gasteiger partial charge in [0.1, 0.15) is 11.9 Å². The van der Waals surface area contributed by atoms with Crippen LogP contribution in [0, 0.1) is 0 Å². The summed E-state index contributed by atoms with van der Waals surface area (Å²) in [5.41, 5.74) is 0.626. The van der Waals surface area contributed by atoms with Crippen LogP contribution in [0.15, 0.2) is 24.5 Å². The zero-order valence-corrected chi connectivity index (χ0v) is 9.43. The van der Waals surface area contributed by atoms with Crippen molar-refractivity contribution in [1.29, 1.82) is 0 Å². The number of aromatic nitrogens is 3. The Morgan fingerprint density at radius 1 is 1.28 bits per heavy atom. The minimum Gasteiger partial charge on any atom is -0.343 e. The summed E-state index contributed by atoms with van der Waals surface area (Å²) in [5.74, 6) is 0.348. The molecule has 1 fully saturated rings. The van der Waals surface area contributed by atoms with E-state index in [1.807, 2.05) is 0 Å². The van der Waals surface area contributed by atoms with Crippen molar-refractivity contribution in [2.24, 2.45) is 0 Å². The fraction of sp³-hybridized carbons (Fsp3) is 0.455. The van der Waals surface area contributed by atoms with Gasteiger partial charge in [-0.1, -0.05) is 0 Å². The van der Waals surface area contributed by atoms with Crippen molar-refractivity contribution < 1.29 is 13.2 Å². The van der Waals surface area contributed by atoms with E-state index in [1.165, 1.54) is 9.42 Å². The number of nitrogens with zero attached hydrogens (tertiary/aromatic N) is 4. The van der Waals surface area contributed by atoms with Gasteiger partial charge in [0.15, 0.2) is 5.65 Å². The standard InChI is InChI=1S/C11H11F3N4/c12-11(13,14)8-2-1-6-17(8)10-4-3-9-15-5-7-18(9)16-10/h3-5,7-8H,1-2,6H2. The molecule has 0 radical (unpaired) electrons. The molecule has 0 saturated carbocycles. The number of hydrogen-bond donors (Lipinski definition) is 0. The Kier molecular flexibility index (Phi) is 2.42. The first-order valence-electron chi connectivity index (χ1n) is 5.69. The number of fused-ring (bicyclic) bond motifs is 1. The van der Waals surface area contributed by atoms with Crippen LogP contribution in [0.3, 0.4) is 0 Å². The van der Waals surface area contributed by atoms with E-state index in [2.05, 4.69) is 10.1 Å². The fourth-order valence-corrected chi connectivity index (χ4v) is 2.34. The largest absolute Gasteiger partial charge is 0.408 e. The summed E-state index contributed by atoms with van der Waals surface area (Å²) in [6.45, 7) is 0.386. The molecular formula is C11H11F3N4. The predicted molar refractivity (Wildman–Crippen MR) is 59.4 cm³/mol. The Morgan fingerprint density at radius 3 is 2.89 bits per heavy atom. The fourth-order valence-electron chi connectivity index (χ4n) is 2.34. The van der Waals surface area contributed by atoms with Crippen LogP contribution in [-0.2, 0) is 0 Å². The van der Waals surface area contributed by atoms with Gasteiger partial charge >= 0.3 is 6.18 Å². The molecule has 2 aromatic rings. The Labute approximate surface area is 101 Å². The van der Waals surface area contributed by atoms with Gasteiger partial charge in [0.05, 0.1) is 0 Å². The smallest absolute Gasteiger partial charge is 0.343 e. The van der Waals surface area contributed by atoms with Gasteiger partial charge in [0.2, 0.25) is 0 Å². The van der Waals surface area contributed by atoms with Crippen LogP contribution < -0.4 is 4.90 Å². The van der Waals surface area contributed by atoms with E-state index in [-0.39, 0.29) is 6.42 Å². The van der Waals surface area contributed by atoms with Crippen LogP contribution in [0.5, 0.6) is 0 Å². The number of rotatable bonds is 1. The summed E-state index contributed by atoms with van der Waals surface area (Å²) < 4.78 is 40.1. The number of anilines is 1. The maximum atomic E-state index is 12.9. The van der Waals surface area contributed by atoms with Gasteiger partial charge in [-0.2, -0.15) is 13.2 Å². The van der Waals surface area contributed by atoms with E-state index >= 15 is 0 Å². The summed E-state index contributed by atoms with van der Waals surface area (Å²) in [6.07, 6.45) is -0.349. The van der Waals surface area contributed by atoms with Crippen LogP contribution >= 0.6 is 0 Å². The zero-order valence-electron chi connectivity index (χ0n) is 9.43. The second-order valence-corrected chi connectivity index (χ2v) is 4.31. The SMILES string of the molecule is FC(F)(F)C1CCCN1c1ccc2nccn2n1. The van der Waals surface area contributed by atoms with E-state index in [9.17, 15) is 13.2 Å². The highest BCUT2D eigenvalue weighted by atomic mass is 19.4. The first-order chi connectivity index (χ1) is 8.55. The summed E-state index contributed by atoms with van der Waals surface area (Å²) >= 11 is 0. The minimum absolute atomic E-state index is 0.132. The molecule has 0 amide bonds. The highest BCUT2D eigenvalue weighted by Crippen LogP contribution is 2.34. The molecule has 2 aromatic heterocycles. The lowest BCUT2D eigenvalue weighted by Gasteiger charge is -2.27. The molecule has 0 aromatic carbocycles. The van der Waals surface area contributed by atoms with Gasteiger partial charge < -0.3 is 4.90 Å². The Bertz CT molecular complexity index is 563. The van der Waals surface area contributed by atoms with Crippen LogP contribution in [0.1, 0.15) is 12.8 Å². The van der Waals surface area contributed by atoms with Crippen LogP contribution in [0.4, 0.5) is 19.0 Å². The molecular weight excluding hydrogens is 245 g/mol. The number of alkyl halides is 3. The summed E-state index contributed by atoms with van der Waals surface area (Å²) in [6, 6.07) is 1.84. The first-order valence-corrected chi connectivity index (χ1v) is 5.69. The first kappa shape index (κ1) is 11.3. The monoisotopic (exact) mass is 256 g/mol. The molecule has 1 aliphatic rings. The normalized spacial score (nSPS) is 20.8. The molecule has 7 heteroatoms. The minimum atomic E-state index is -4.21. The molecule has 96 valence electrons. The Balaban J connectivity index is 1.97. The third-order valence-electron chi connectivity index (χ3n) is 3.17. The lowest BCUT2D eigenvalue weighted by Crippen LogP contribution is -2.41. The molecule has 0 spiro atoms. The van der Waals surface area contributed by atoms with Gasteiger partial charge in [0.25, 0.3) is 0 Å². The second kappa shape index (κ2) is 3.86. The van der Waals surface area contributed by atoms with Gasteiger partial charge in [-0.05, 0) is 25.0 Å². The molecule has 0 bridgehead atoms. The highest BCUT2D eigenvalue weighted by molar-refractivity contribution is 5.47. The molecule has 3 rings (SSSR count). The molecule has 4 nitrogen and oxygen atoms in total. The Hall–Kier alpha value is -1.79. The van der Waals surface area contributed by atoms with Crippen molar-refractivity contribution >= 4 is 11.5 Å². The molecule has 1 saturated heterocycles. The topological polar surface area (TPSA) is 33.4 Å². The summed E-state index contributed by atoms with van der Waals surface area (Å²) in [7, 11) is 0. The van der Waals surface area contributed by atoms with Gasteiger partial charge in [-0.25, -0.2) is 9.50 Å². The molecule has 1 atom stereocenters. The second-order valence-electron chi connectivity index (χ2n) is 4.31. The molecule has 18 heavy (non-hydrogen) atoms. The van der Waals surface area contributed by atoms with E-state index < -0.39 is 12.2 Å². The summed E-state index contributed by atoms with van der Waals surface area (Å²) in [5, 5.41) is 4.16. The van der Waals surface area contributed by atoms with Crippen molar-refractivity contribution in [3.8, 4) is 0 Å². The number of hydrogen-bond acceptors (Lipinski definition) is 3. The molecule has 1 aliphatic heterocycles. The van der Waals surface area contributed by atoms with Crippen molar-refractivity contribution in [3.05, 3.63) is 24.5 Å². The lowest BCUT2D eigenvalue weighted by molar-refractivity contribution is -0.146. The van der Waals surface area contributed by atoms with Crippen LogP contribution in [0.2, 0.25) is 0 Å². The third kappa shape index (κ3) is 1.79. The lowest BCUT2D eigenvalue weighted by atomic mass is 10.2. The molecule has 1 unspecified atom stereocenters. The predicted octanol–water partition coefficient (Wildman–Crippen LogP) is 2.26. The van der Waals surface area contributed by atoms with Crippen molar-refractivity contribution in [1.82, 2.24) is 14.6 Å². The third-order valence-corrected chi connectivity index (χ3v) is 3.17. The maximum Gasteiger partial charge on any atom is 0.408 e. The zero-order chi connectivity index (χ0) is 12.8. The van der Waals surface area contributed by atoms with Crippen molar-refractivity contribution in [3.63, 3.8) is 0 Å². The van der Waals surface area contributed by atoms with Gasteiger partial charge in [0, 0.05) is 18.9 Å². The number of halogens is 3. The van der Waals surface area contributed by atoms with Crippen molar-refractivity contribution in [2.45, 2.75) is 25.1 Å². The van der Waals surface area contributed by atoms with E-state index in [0.717, 1.165) is 0 Å². The average molecular weight is 256 g/mol. The molecule has 0 aliphatic carbocycles. The van der Waals surface area contributed by atoms with Crippen LogP contribution in [0.25, 0.3) is 5.65 Å². The quantitative estimate of drug-likeness (QED) is 0.784. The summed E-state index contributed by atoms with van der Waals surface area (Å²) in [4.78, 5) is 5.33. The molecule has 3 heterocycles. The highest BCUT2D eigenvalue weighted by Gasteiger charge is 2.46. The van der Waals surface area contributed by atoms with Gasteiger partial charge in [-0.3, -0.25) is 0 Å². The van der Waals surface area contributed by atoms with Gasteiger partial charge in [-0.15, -0.1) is 5.10 Å². The Morgan fingerprint density at radius 2 is 2.11 bits per heavy atom. The maximum absolute atomic E-state index is 12.9. The van der Waals surface area contributed by atoms with Crippen molar-refractivity contribution in [2.75, 3.05) is 11.4 Å².